The van der Waals surface area contributed by atoms with Crippen molar-refractivity contribution in [2.45, 2.75) is 25.6 Å². The number of nitrogens with zero attached hydrogens (tertiary/aromatic N) is 1. The summed E-state index contributed by atoms with van der Waals surface area (Å²) in [5, 5.41) is 0. The number of pyridine rings is 1. The Bertz CT molecular complexity index is 338. The fourth-order valence-corrected chi connectivity index (χ4v) is 1.86. The van der Waals surface area contributed by atoms with Crippen molar-refractivity contribution in [3.8, 4) is 5.88 Å². The van der Waals surface area contributed by atoms with Gasteiger partial charge in [0, 0.05) is 6.07 Å². The zero-order valence-electron chi connectivity index (χ0n) is 9.56. The molecule has 16 heavy (non-hydrogen) atoms. The molecule has 1 aliphatic carbocycles. The third kappa shape index (κ3) is 2.71. The summed E-state index contributed by atoms with van der Waals surface area (Å²) in [4.78, 5) is 4.29. The number of hydrogen-bond donors (Lipinski definition) is 1. The molecule has 0 unspecified atom stereocenters. The molecule has 2 rings (SSSR count). The SMILES string of the molecule is COc1cccc(COC2CC(CN)C2)n1. The van der Waals surface area contributed by atoms with Gasteiger partial charge < -0.3 is 15.2 Å². The van der Waals surface area contributed by atoms with Crippen LogP contribution < -0.4 is 10.5 Å². The van der Waals surface area contributed by atoms with E-state index >= 15 is 0 Å². The predicted octanol–water partition coefficient (Wildman–Crippen LogP) is 1.34. The minimum Gasteiger partial charge on any atom is -0.481 e. The van der Waals surface area contributed by atoms with Gasteiger partial charge in [-0.15, -0.1) is 0 Å². The summed E-state index contributed by atoms with van der Waals surface area (Å²) in [5.74, 6) is 1.29. The molecule has 1 aromatic rings. The number of methoxy groups -OCH3 is 1. The maximum absolute atomic E-state index is 5.72. The maximum Gasteiger partial charge on any atom is 0.213 e. The average molecular weight is 222 g/mol. The van der Waals surface area contributed by atoms with Gasteiger partial charge in [-0.2, -0.15) is 0 Å². The van der Waals surface area contributed by atoms with E-state index in [2.05, 4.69) is 4.98 Å². The third-order valence-corrected chi connectivity index (χ3v) is 2.98. The van der Waals surface area contributed by atoms with Crippen molar-refractivity contribution in [2.75, 3.05) is 13.7 Å². The fraction of sp³-hybridized carbons (Fsp3) is 0.583. The van der Waals surface area contributed by atoms with Gasteiger partial charge in [-0.3, -0.25) is 0 Å². The lowest BCUT2D eigenvalue weighted by Crippen LogP contribution is -2.35. The van der Waals surface area contributed by atoms with E-state index in [1.165, 1.54) is 0 Å². The number of ether oxygens (including phenoxy) is 2. The Morgan fingerprint density at radius 1 is 1.44 bits per heavy atom. The smallest absolute Gasteiger partial charge is 0.213 e. The van der Waals surface area contributed by atoms with Crippen LogP contribution in [0.25, 0.3) is 0 Å². The van der Waals surface area contributed by atoms with E-state index in [-0.39, 0.29) is 0 Å². The number of nitrogens with two attached hydrogens (primary N) is 1. The van der Waals surface area contributed by atoms with E-state index < -0.39 is 0 Å². The molecular formula is C12H18N2O2. The van der Waals surface area contributed by atoms with Gasteiger partial charge in [-0.1, -0.05) is 6.07 Å². The van der Waals surface area contributed by atoms with Crippen LogP contribution in [0.5, 0.6) is 5.88 Å². The van der Waals surface area contributed by atoms with E-state index in [0.29, 0.717) is 24.5 Å². The molecule has 4 heteroatoms. The Morgan fingerprint density at radius 3 is 2.94 bits per heavy atom. The topological polar surface area (TPSA) is 57.4 Å². The van der Waals surface area contributed by atoms with E-state index in [9.17, 15) is 0 Å². The standard InChI is InChI=1S/C12H18N2O2/c1-15-12-4-2-3-10(14-12)8-16-11-5-9(6-11)7-13/h2-4,9,11H,5-8,13H2,1H3. The Hall–Kier alpha value is -1.13. The molecule has 4 nitrogen and oxygen atoms in total. The van der Waals surface area contributed by atoms with Crippen molar-refractivity contribution in [2.24, 2.45) is 11.7 Å². The van der Waals surface area contributed by atoms with E-state index in [0.717, 1.165) is 25.1 Å². The van der Waals surface area contributed by atoms with Crippen molar-refractivity contribution < 1.29 is 9.47 Å². The molecule has 0 atom stereocenters. The average Bonchev–Trinajstić information content (AvgIpc) is 2.28. The van der Waals surface area contributed by atoms with Crippen molar-refractivity contribution in [1.82, 2.24) is 4.98 Å². The van der Waals surface area contributed by atoms with Crippen LogP contribution in [-0.4, -0.2) is 24.7 Å². The summed E-state index contributed by atoms with van der Waals surface area (Å²) < 4.78 is 10.8. The molecule has 0 aromatic carbocycles. The van der Waals surface area contributed by atoms with Crippen LogP contribution in [0.2, 0.25) is 0 Å². The van der Waals surface area contributed by atoms with Gasteiger partial charge in [0.1, 0.15) is 0 Å². The largest absolute Gasteiger partial charge is 0.481 e. The van der Waals surface area contributed by atoms with Gasteiger partial charge in [0.15, 0.2) is 0 Å². The first-order chi connectivity index (χ1) is 7.81. The predicted molar refractivity (Wildman–Crippen MR) is 61.1 cm³/mol. The van der Waals surface area contributed by atoms with Crippen LogP contribution in [0, 0.1) is 5.92 Å². The third-order valence-electron chi connectivity index (χ3n) is 2.98. The van der Waals surface area contributed by atoms with Gasteiger partial charge in [0.2, 0.25) is 5.88 Å². The van der Waals surface area contributed by atoms with Gasteiger partial charge in [0.25, 0.3) is 0 Å². The van der Waals surface area contributed by atoms with Crippen molar-refractivity contribution >= 4 is 0 Å². The Labute approximate surface area is 95.8 Å². The monoisotopic (exact) mass is 222 g/mol. The first-order valence-corrected chi connectivity index (χ1v) is 5.63. The molecule has 0 radical (unpaired) electrons. The number of aromatic nitrogens is 1. The Morgan fingerprint density at radius 2 is 2.25 bits per heavy atom. The maximum atomic E-state index is 5.72. The highest BCUT2D eigenvalue weighted by atomic mass is 16.5. The zero-order valence-corrected chi connectivity index (χ0v) is 9.56. The summed E-state index contributed by atoms with van der Waals surface area (Å²) in [6, 6.07) is 5.70. The number of hydrogen-bond acceptors (Lipinski definition) is 4. The van der Waals surface area contributed by atoms with Crippen molar-refractivity contribution in [3.05, 3.63) is 23.9 Å². The lowest BCUT2D eigenvalue weighted by atomic mass is 9.82. The summed E-state index contributed by atoms with van der Waals surface area (Å²) in [5.41, 5.74) is 6.47. The molecule has 88 valence electrons. The summed E-state index contributed by atoms with van der Waals surface area (Å²) in [7, 11) is 1.62. The molecule has 1 heterocycles. The van der Waals surface area contributed by atoms with Crippen LogP contribution in [0.3, 0.4) is 0 Å². The molecule has 1 fully saturated rings. The molecule has 0 spiro atoms. The molecule has 0 saturated heterocycles. The van der Waals surface area contributed by atoms with Crippen LogP contribution in [-0.2, 0) is 11.3 Å². The lowest BCUT2D eigenvalue weighted by Gasteiger charge is -2.34. The molecule has 0 amide bonds. The second kappa shape index (κ2) is 5.27. The zero-order chi connectivity index (χ0) is 11.4. The van der Waals surface area contributed by atoms with Gasteiger partial charge >= 0.3 is 0 Å². The highest BCUT2D eigenvalue weighted by Crippen LogP contribution is 2.29. The highest BCUT2D eigenvalue weighted by Gasteiger charge is 2.28. The second-order valence-electron chi connectivity index (χ2n) is 4.18. The van der Waals surface area contributed by atoms with E-state index in [4.69, 9.17) is 15.2 Å². The van der Waals surface area contributed by atoms with E-state index in [1.807, 2.05) is 18.2 Å². The highest BCUT2D eigenvalue weighted by molar-refractivity contribution is 5.15. The second-order valence-corrected chi connectivity index (χ2v) is 4.18. The molecule has 0 bridgehead atoms. The van der Waals surface area contributed by atoms with Crippen LogP contribution >= 0.6 is 0 Å². The normalized spacial score (nSPS) is 23.9. The quantitative estimate of drug-likeness (QED) is 0.817. The molecule has 1 aromatic heterocycles. The molecule has 1 aliphatic rings. The first kappa shape index (κ1) is 11.4. The Balaban J connectivity index is 1.77. The molecular weight excluding hydrogens is 204 g/mol. The number of rotatable bonds is 5. The van der Waals surface area contributed by atoms with Crippen molar-refractivity contribution in [3.63, 3.8) is 0 Å². The Kier molecular flexibility index (Phi) is 3.74. The fourth-order valence-electron chi connectivity index (χ4n) is 1.86. The van der Waals surface area contributed by atoms with Gasteiger partial charge in [-0.05, 0) is 31.4 Å². The molecule has 2 N–H and O–H groups in total. The van der Waals surface area contributed by atoms with Gasteiger partial charge in [0.05, 0.1) is 25.5 Å². The summed E-state index contributed by atoms with van der Waals surface area (Å²) >= 11 is 0. The van der Waals surface area contributed by atoms with Crippen molar-refractivity contribution in [1.29, 1.82) is 0 Å². The van der Waals surface area contributed by atoms with Gasteiger partial charge in [-0.25, -0.2) is 4.98 Å². The van der Waals surface area contributed by atoms with Crippen LogP contribution in [0.4, 0.5) is 0 Å². The molecule has 0 aliphatic heterocycles. The minimum atomic E-state index is 0.363. The first-order valence-electron chi connectivity index (χ1n) is 5.63. The van der Waals surface area contributed by atoms with E-state index in [1.54, 1.807) is 7.11 Å². The minimum absolute atomic E-state index is 0.363. The van der Waals surface area contributed by atoms with Crippen LogP contribution in [0.15, 0.2) is 18.2 Å². The lowest BCUT2D eigenvalue weighted by molar-refractivity contribution is -0.0388. The summed E-state index contributed by atoms with van der Waals surface area (Å²) in [6.45, 7) is 1.33. The molecule has 1 saturated carbocycles. The summed E-state index contributed by atoms with van der Waals surface area (Å²) in [6.07, 6.45) is 2.53. The van der Waals surface area contributed by atoms with Crippen LogP contribution in [0.1, 0.15) is 18.5 Å².